The lowest BCUT2D eigenvalue weighted by Crippen LogP contribution is -2.61. The molecule has 1 saturated heterocycles. The van der Waals surface area contributed by atoms with Gasteiger partial charge in [-0.3, -0.25) is 4.79 Å². The predicted octanol–water partition coefficient (Wildman–Crippen LogP) is 2.53. The number of hydrogen-bond donors (Lipinski definition) is 0. The van der Waals surface area contributed by atoms with Crippen molar-refractivity contribution >= 4 is 23.5 Å². The number of halogens is 1. The van der Waals surface area contributed by atoms with Gasteiger partial charge in [0.05, 0.1) is 20.6 Å². The Hall–Kier alpha value is -1.63. The summed E-state index contributed by atoms with van der Waals surface area (Å²) in [5.41, 5.74) is 1.84. The maximum Gasteiger partial charge on any atom is 0.331 e. The van der Waals surface area contributed by atoms with Crippen LogP contribution in [0.4, 0.5) is 0 Å². The lowest BCUT2D eigenvalue weighted by molar-refractivity contribution is -0.183. The van der Waals surface area contributed by atoms with Gasteiger partial charge in [0.2, 0.25) is 5.91 Å². The van der Waals surface area contributed by atoms with E-state index in [0.29, 0.717) is 31.0 Å². The number of carbonyl (C=O) groups is 2. The number of ether oxygens (including phenoxy) is 1. The lowest BCUT2D eigenvalue weighted by atomic mass is 9.85. The van der Waals surface area contributed by atoms with Crippen molar-refractivity contribution in [3.63, 3.8) is 0 Å². The second-order valence-electron chi connectivity index (χ2n) is 6.73. The van der Waals surface area contributed by atoms with Crippen molar-refractivity contribution in [3.8, 4) is 0 Å². The first-order chi connectivity index (χ1) is 12.3. The maximum atomic E-state index is 13.0. The lowest BCUT2D eigenvalue weighted by Gasteiger charge is -2.44. The fraction of sp³-hybridized carbons (Fsp3) is 0.579. The van der Waals surface area contributed by atoms with E-state index in [9.17, 15) is 9.59 Å². The Morgan fingerprint density at radius 2 is 1.85 bits per heavy atom. The van der Waals surface area contributed by atoms with E-state index in [2.05, 4.69) is 0 Å². The average Bonchev–Trinajstić information content (AvgIpc) is 2.66. The molecule has 7 heteroatoms. The van der Waals surface area contributed by atoms with Crippen LogP contribution < -0.4 is 0 Å². The van der Waals surface area contributed by atoms with Gasteiger partial charge in [0.1, 0.15) is 5.54 Å². The van der Waals surface area contributed by atoms with Crippen LogP contribution in [0.5, 0.6) is 0 Å². The third-order valence-electron chi connectivity index (χ3n) is 5.48. The number of hydrogen-bond acceptors (Lipinski definition) is 5. The third-order valence-corrected chi connectivity index (χ3v) is 5.89. The SMILES string of the molecule is COC(=O)C1(N(C)C(=O)Cc2c(C)ccc(Cl)c2C)CCN(OC)CC1. The molecule has 2 rings (SSSR count). The number of hydroxylamine groups is 2. The smallest absolute Gasteiger partial charge is 0.331 e. The molecule has 1 heterocycles. The van der Waals surface area contributed by atoms with E-state index >= 15 is 0 Å². The first kappa shape index (κ1) is 20.7. The second kappa shape index (κ2) is 8.37. The number of piperidine rings is 1. The van der Waals surface area contributed by atoms with Crippen molar-refractivity contribution in [1.82, 2.24) is 9.96 Å². The molecule has 1 aromatic carbocycles. The Labute approximate surface area is 159 Å². The van der Waals surface area contributed by atoms with Crippen molar-refractivity contribution in [1.29, 1.82) is 0 Å². The van der Waals surface area contributed by atoms with Crippen LogP contribution in [0.15, 0.2) is 12.1 Å². The second-order valence-corrected chi connectivity index (χ2v) is 7.14. The standard InChI is InChI=1S/C19H27ClN2O4/c1-13-6-7-16(20)14(2)15(13)12-17(23)21(3)19(18(24)25-4)8-10-22(26-5)11-9-19/h6-7H,8-12H2,1-5H3. The molecular weight excluding hydrogens is 356 g/mol. The minimum Gasteiger partial charge on any atom is -0.467 e. The van der Waals surface area contributed by atoms with E-state index in [1.807, 2.05) is 26.0 Å². The van der Waals surface area contributed by atoms with Crippen LogP contribution in [0.3, 0.4) is 0 Å². The van der Waals surface area contributed by atoms with Crippen LogP contribution >= 0.6 is 11.6 Å². The molecule has 1 amide bonds. The molecule has 1 fully saturated rings. The molecule has 0 aliphatic carbocycles. The Bertz CT molecular complexity index is 684. The number of carbonyl (C=O) groups excluding carboxylic acids is 2. The topological polar surface area (TPSA) is 59.1 Å². The van der Waals surface area contributed by atoms with Crippen molar-refractivity contribution in [2.75, 3.05) is 34.4 Å². The normalized spacial score (nSPS) is 17.0. The number of benzene rings is 1. The largest absolute Gasteiger partial charge is 0.467 e. The van der Waals surface area contributed by atoms with Gasteiger partial charge in [-0.2, -0.15) is 5.06 Å². The van der Waals surface area contributed by atoms with Gasteiger partial charge in [0, 0.05) is 25.2 Å². The summed E-state index contributed by atoms with van der Waals surface area (Å²) in [6.07, 6.45) is 1.12. The van der Waals surface area contributed by atoms with E-state index < -0.39 is 5.54 Å². The van der Waals surface area contributed by atoms with E-state index in [0.717, 1.165) is 16.7 Å². The Morgan fingerprint density at radius 3 is 2.38 bits per heavy atom. The molecule has 1 aromatic rings. The molecule has 1 aliphatic heterocycles. The number of amides is 1. The van der Waals surface area contributed by atoms with Crippen molar-refractivity contribution in [2.24, 2.45) is 0 Å². The molecule has 144 valence electrons. The molecule has 0 N–H and O–H groups in total. The van der Waals surface area contributed by atoms with E-state index in [-0.39, 0.29) is 18.3 Å². The zero-order valence-corrected chi connectivity index (χ0v) is 16.9. The molecular formula is C19H27ClN2O4. The zero-order chi connectivity index (χ0) is 19.5. The summed E-state index contributed by atoms with van der Waals surface area (Å²) in [7, 11) is 4.64. The highest BCUT2D eigenvalue weighted by Gasteiger charge is 2.48. The zero-order valence-electron chi connectivity index (χ0n) is 16.1. The monoisotopic (exact) mass is 382 g/mol. The van der Waals surface area contributed by atoms with E-state index in [1.165, 1.54) is 7.11 Å². The minimum absolute atomic E-state index is 0.130. The molecule has 1 aliphatic rings. The summed E-state index contributed by atoms with van der Waals surface area (Å²) < 4.78 is 5.04. The third kappa shape index (κ3) is 3.87. The number of nitrogens with zero attached hydrogens (tertiary/aromatic N) is 2. The Morgan fingerprint density at radius 1 is 1.23 bits per heavy atom. The number of aryl methyl sites for hydroxylation is 1. The van der Waals surface area contributed by atoms with Gasteiger partial charge < -0.3 is 14.5 Å². The summed E-state index contributed by atoms with van der Waals surface area (Å²) in [6, 6.07) is 3.74. The highest BCUT2D eigenvalue weighted by Crippen LogP contribution is 2.31. The van der Waals surface area contributed by atoms with Crippen LogP contribution in [0.1, 0.15) is 29.5 Å². The fourth-order valence-electron chi connectivity index (χ4n) is 3.55. The van der Waals surface area contributed by atoms with Crippen LogP contribution in [-0.4, -0.2) is 61.7 Å². The van der Waals surface area contributed by atoms with Crippen LogP contribution in [0.25, 0.3) is 0 Å². The number of rotatable bonds is 5. The molecule has 0 unspecified atom stereocenters. The summed E-state index contributed by atoms with van der Waals surface area (Å²) in [6.45, 7) is 4.97. The van der Waals surface area contributed by atoms with Gasteiger partial charge in [-0.1, -0.05) is 17.7 Å². The van der Waals surface area contributed by atoms with Crippen LogP contribution in [-0.2, 0) is 25.6 Å². The van der Waals surface area contributed by atoms with Crippen LogP contribution in [0, 0.1) is 13.8 Å². The molecule has 0 saturated carbocycles. The van der Waals surface area contributed by atoms with Crippen molar-refractivity contribution in [3.05, 3.63) is 33.8 Å². The molecule has 6 nitrogen and oxygen atoms in total. The van der Waals surface area contributed by atoms with Gasteiger partial charge in [0.15, 0.2) is 0 Å². The highest BCUT2D eigenvalue weighted by molar-refractivity contribution is 6.31. The minimum atomic E-state index is -0.971. The molecule has 26 heavy (non-hydrogen) atoms. The maximum absolute atomic E-state index is 13.0. The molecule has 0 atom stereocenters. The molecule has 0 spiro atoms. The number of esters is 1. The van der Waals surface area contributed by atoms with Gasteiger partial charge in [-0.25, -0.2) is 4.79 Å². The first-order valence-corrected chi connectivity index (χ1v) is 9.03. The molecule has 0 radical (unpaired) electrons. The summed E-state index contributed by atoms with van der Waals surface area (Å²) in [5.74, 6) is -0.515. The fourth-order valence-corrected chi connectivity index (χ4v) is 3.73. The Balaban J connectivity index is 2.26. The van der Waals surface area contributed by atoms with E-state index in [1.54, 1.807) is 24.1 Å². The quantitative estimate of drug-likeness (QED) is 0.732. The van der Waals surface area contributed by atoms with Crippen molar-refractivity contribution in [2.45, 2.75) is 38.6 Å². The van der Waals surface area contributed by atoms with Gasteiger partial charge in [0.25, 0.3) is 0 Å². The number of methoxy groups -OCH3 is 1. The average molecular weight is 383 g/mol. The Kier molecular flexibility index (Phi) is 6.66. The predicted molar refractivity (Wildman–Crippen MR) is 100.0 cm³/mol. The van der Waals surface area contributed by atoms with Crippen LogP contribution in [0.2, 0.25) is 5.02 Å². The summed E-state index contributed by atoms with van der Waals surface area (Å²) >= 11 is 6.21. The molecule has 0 bridgehead atoms. The van der Waals surface area contributed by atoms with Gasteiger partial charge >= 0.3 is 5.97 Å². The van der Waals surface area contributed by atoms with Crippen molar-refractivity contribution < 1.29 is 19.2 Å². The van der Waals surface area contributed by atoms with E-state index in [4.69, 9.17) is 21.2 Å². The van der Waals surface area contributed by atoms with Gasteiger partial charge in [-0.15, -0.1) is 0 Å². The molecule has 0 aromatic heterocycles. The number of likely N-dealkylation sites (N-methyl/N-ethyl adjacent to an activating group) is 1. The summed E-state index contributed by atoms with van der Waals surface area (Å²) in [5, 5.41) is 2.42. The summed E-state index contributed by atoms with van der Waals surface area (Å²) in [4.78, 5) is 32.4. The van der Waals surface area contributed by atoms with Gasteiger partial charge in [-0.05, 0) is 49.4 Å². The highest BCUT2D eigenvalue weighted by atomic mass is 35.5. The first-order valence-electron chi connectivity index (χ1n) is 8.65.